The first-order chi connectivity index (χ1) is 25.3. The van der Waals surface area contributed by atoms with Crippen LogP contribution in [0.25, 0.3) is 11.0 Å². The van der Waals surface area contributed by atoms with Gasteiger partial charge in [-0.05, 0) is 53.1 Å². The van der Waals surface area contributed by atoms with Gasteiger partial charge in [-0.25, -0.2) is 14.6 Å². The minimum absolute atomic E-state index is 0.0695. The first-order valence-corrected chi connectivity index (χ1v) is 16.4. The molecule has 2 amide bonds. The Kier molecular flexibility index (Phi) is 10.8. The molecule has 6 rings (SSSR count). The molecule has 0 unspecified atom stereocenters. The number of carboxylic acid groups (broad SMARTS) is 1. The fourth-order valence-electron chi connectivity index (χ4n) is 6.12. The van der Waals surface area contributed by atoms with E-state index in [0.29, 0.717) is 28.1 Å². The minimum atomic E-state index is -1.16. The fourth-order valence-corrected chi connectivity index (χ4v) is 6.12. The first-order valence-electron chi connectivity index (χ1n) is 16.4. The van der Waals surface area contributed by atoms with Gasteiger partial charge in [-0.2, -0.15) is 5.10 Å². The topological polar surface area (TPSA) is 161 Å². The maximum Gasteiger partial charge on any atom is 0.323 e. The Labute approximate surface area is 299 Å². The Morgan fingerprint density at radius 2 is 1.37 bits per heavy atom. The van der Waals surface area contributed by atoms with Crippen LogP contribution in [0.15, 0.2) is 122 Å². The Morgan fingerprint density at radius 3 is 1.94 bits per heavy atom. The van der Waals surface area contributed by atoms with E-state index in [-0.39, 0.29) is 25.5 Å². The maximum atomic E-state index is 13.8. The van der Waals surface area contributed by atoms with Gasteiger partial charge in [-0.3, -0.25) is 19.7 Å². The number of aliphatic carboxylic acids is 1. The lowest BCUT2D eigenvalue weighted by molar-refractivity contribution is -0.144. The predicted molar refractivity (Wildman–Crippen MR) is 194 cm³/mol. The van der Waals surface area contributed by atoms with Crippen molar-refractivity contribution in [2.75, 3.05) is 39.2 Å². The van der Waals surface area contributed by atoms with Gasteiger partial charge in [-0.1, -0.05) is 72.8 Å². The third-order valence-corrected chi connectivity index (χ3v) is 8.69. The van der Waals surface area contributed by atoms with E-state index >= 15 is 0 Å². The lowest BCUT2D eigenvalue weighted by Gasteiger charge is -2.38. The van der Waals surface area contributed by atoms with Crippen molar-refractivity contribution in [2.45, 2.75) is 12.1 Å². The Morgan fingerprint density at radius 1 is 0.788 bits per heavy atom. The SMILES string of the molecule is COc1ccc(C(=O)Nc2ncnc3c2cnn3CC(=O)N(CCNC(c2ccccc2)(c2ccccc2)c2ccc(OC)cc2)CC(=O)O)cc1. The molecular weight excluding hydrogens is 662 g/mol. The highest BCUT2D eigenvalue weighted by molar-refractivity contribution is 6.07. The van der Waals surface area contributed by atoms with Crippen molar-refractivity contribution in [1.82, 2.24) is 30.0 Å². The summed E-state index contributed by atoms with van der Waals surface area (Å²) in [7, 11) is 3.15. The lowest BCUT2D eigenvalue weighted by atomic mass is 9.77. The van der Waals surface area contributed by atoms with Crippen molar-refractivity contribution in [2.24, 2.45) is 0 Å². The molecule has 0 radical (unpaired) electrons. The number of carbonyl (C=O) groups is 3. The second-order valence-electron chi connectivity index (χ2n) is 11.8. The number of anilines is 1. The van der Waals surface area contributed by atoms with E-state index in [1.807, 2.05) is 84.9 Å². The molecule has 2 aromatic heterocycles. The number of hydrogen-bond donors (Lipinski definition) is 3. The number of fused-ring (bicyclic) bond motifs is 1. The summed E-state index contributed by atoms with van der Waals surface area (Å²) in [5.41, 5.74) is 2.69. The Balaban J connectivity index is 1.23. The quantitative estimate of drug-likeness (QED) is 0.129. The molecule has 0 saturated heterocycles. The third-order valence-electron chi connectivity index (χ3n) is 8.69. The number of rotatable bonds is 15. The average Bonchev–Trinajstić information content (AvgIpc) is 3.60. The number of carboxylic acids is 1. The van der Waals surface area contributed by atoms with Crippen molar-refractivity contribution >= 4 is 34.6 Å². The van der Waals surface area contributed by atoms with Crippen LogP contribution in [0.2, 0.25) is 0 Å². The molecule has 13 nitrogen and oxygen atoms in total. The molecule has 0 saturated carbocycles. The molecule has 6 aromatic rings. The van der Waals surface area contributed by atoms with Crippen molar-refractivity contribution in [3.8, 4) is 11.5 Å². The van der Waals surface area contributed by atoms with E-state index in [1.54, 1.807) is 38.5 Å². The predicted octanol–water partition coefficient (Wildman–Crippen LogP) is 4.59. The maximum absolute atomic E-state index is 13.8. The molecule has 2 heterocycles. The zero-order chi connectivity index (χ0) is 36.5. The van der Waals surface area contributed by atoms with Gasteiger partial charge in [0.2, 0.25) is 5.91 Å². The standard InChI is InChI=1S/C39H37N7O6/c1-51-31-17-13-27(14-18-31)38(50)44-36-33-23-43-46(37(33)41-26-40-36)24-34(47)45(25-35(48)49)22-21-42-39(28-9-5-3-6-10-28,29-11-7-4-8-12-29)30-15-19-32(52-2)20-16-30/h3-20,23,26,42H,21-22,24-25H2,1-2H3,(H,48,49)(H,40,41,44,50). The van der Waals surface area contributed by atoms with Crippen LogP contribution in [0.5, 0.6) is 11.5 Å². The number of amides is 2. The Hall–Kier alpha value is -6.60. The molecule has 0 aliphatic heterocycles. The minimum Gasteiger partial charge on any atom is -0.497 e. The van der Waals surface area contributed by atoms with Gasteiger partial charge >= 0.3 is 5.97 Å². The van der Waals surface area contributed by atoms with Crippen LogP contribution in [-0.4, -0.2) is 81.4 Å². The number of nitrogens with one attached hydrogen (secondary N) is 2. The van der Waals surface area contributed by atoms with E-state index in [1.165, 1.54) is 22.1 Å². The normalized spacial score (nSPS) is 11.2. The van der Waals surface area contributed by atoms with Gasteiger partial charge in [0.25, 0.3) is 5.91 Å². The number of aromatic nitrogens is 4. The molecule has 0 bridgehead atoms. The molecule has 264 valence electrons. The van der Waals surface area contributed by atoms with Crippen LogP contribution >= 0.6 is 0 Å². The van der Waals surface area contributed by atoms with Crippen LogP contribution in [0.1, 0.15) is 27.0 Å². The molecular formula is C39H37N7O6. The Bertz CT molecular complexity index is 2100. The summed E-state index contributed by atoms with van der Waals surface area (Å²) >= 11 is 0. The second-order valence-corrected chi connectivity index (χ2v) is 11.8. The van der Waals surface area contributed by atoms with Gasteiger partial charge < -0.3 is 24.8 Å². The highest BCUT2D eigenvalue weighted by Crippen LogP contribution is 2.37. The average molecular weight is 700 g/mol. The van der Waals surface area contributed by atoms with E-state index in [2.05, 4.69) is 25.7 Å². The summed E-state index contributed by atoms with van der Waals surface area (Å²) in [5.74, 6) is -0.497. The molecule has 4 aromatic carbocycles. The van der Waals surface area contributed by atoms with Crippen LogP contribution in [0, 0.1) is 0 Å². The van der Waals surface area contributed by atoms with Crippen LogP contribution in [-0.2, 0) is 21.7 Å². The monoisotopic (exact) mass is 699 g/mol. The third kappa shape index (κ3) is 7.59. The molecule has 0 atom stereocenters. The second kappa shape index (κ2) is 16.0. The zero-order valence-corrected chi connectivity index (χ0v) is 28.6. The lowest BCUT2D eigenvalue weighted by Crippen LogP contribution is -2.49. The van der Waals surface area contributed by atoms with Gasteiger partial charge in [0, 0.05) is 18.7 Å². The van der Waals surface area contributed by atoms with Gasteiger partial charge in [0.1, 0.15) is 36.7 Å². The van der Waals surface area contributed by atoms with E-state index in [4.69, 9.17) is 9.47 Å². The number of hydrogen-bond acceptors (Lipinski definition) is 9. The van der Waals surface area contributed by atoms with Gasteiger partial charge in [-0.15, -0.1) is 0 Å². The van der Waals surface area contributed by atoms with Gasteiger partial charge in [0.15, 0.2) is 5.65 Å². The van der Waals surface area contributed by atoms with Gasteiger partial charge in [0.05, 0.1) is 31.3 Å². The summed E-state index contributed by atoms with van der Waals surface area (Å²) in [4.78, 5) is 48.5. The van der Waals surface area contributed by atoms with Crippen molar-refractivity contribution in [1.29, 1.82) is 0 Å². The van der Waals surface area contributed by atoms with Crippen molar-refractivity contribution < 1.29 is 29.0 Å². The fraction of sp³-hybridized carbons (Fsp3) is 0.179. The molecule has 0 aliphatic rings. The summed E-state index contributed by atoms with van der Waals surface area (Å²) in [5, 5.41) is 21.0. The first kappa shape index (κ1) is 35.2. The molecule has 13 heteroatoms. The van der Waals surface area contributed by atoms with E-state index in [0.717, 1.165) is 16.7 Å². The number of ether oxygens (including phenoxy) is 2. The van der Waals surface area contributed by atoms with E-state index < -0.39 is 29.9 Å². The van der Waals surface area contributed by atoms with Crippen LogP contribution in [0.4, 0.5) is 5.82 Å². The summed E-state index contributed by atoms with van der Waals surface area (Å²) in [6.07, 6.45) is 2.72. The number of benzene rings is 4. The summed E-state index contributed by atoms with van der Waals surface area (Å²) < 4.78 is 12.0. The molecule has 0 spiro atoms. The highest BCUT2D eigenvalue weighted by Gasteiger charge is 2.36. The molecule has 0 fully saturated rings. The number of carbonyl (C=O) groups excluding carboxylic acids is 2. The smallest absolute Gasteiger partial charge is 0.323 e. The molecule has 52 heavy (non-hydrogen) atoms. The summed E-state index contributed by atoms with van der Waals surface area (Å²) in [6.45, 7) is -0.511. The summed E-state index contributed by atoms with van der Waals surface area (Å²) in [6, 6.07) is 34.2. The number of nitrogens with zero attached hydrogens (tertiary/aromatic N) is 5. The van der Waals surface area contributed by atoms with Crippen LogP contribution < -0.4 is 20.1 Å². The highest BCUT2D eigenvalue weighted by atomic mass is 16.5. The largest absolute Gasteiger partial charge is 0.497 e. The molecule has 0 aliphatic carbocycles. The zero-order valence-electron chi connectivity index (χ0n) is 28.6. The van der Waals surface area contributed by atoms with Crippen molar-refractivity contribution in [3.05, 3.63) is 144 Å². The molecule has 3 N–H and O–H groups in total. The van der Waals surface area contributed by atoms with Crippen LogP contribution in [0.3, 0.4) is 0 Å². The number of methoxy groups -OCH3 is 2. The van der Waals surface area contributed by atoms with E-state index in [9.17, 15) is 19.5 Å². The van der Waals surface area contributed by atoms with Crippen molar-refractivity contribution in [3.63, 3.8) is 0 Å².